The SMILES string of the molecule is C#CC(N)C(C)S(C)(=O)=O. The Labute approximate surface area is 61.5 Å². The quantitative estimate of drug-likeness (QED) is 0.549. The van der Waals surface area contributed by atoms with Gasteiger partial charge in [-0.05, 0) is 6.92 Å². The van der Waals surface area contributed by atoms with E-state index in [1.807, 2.05) is 0 Å². The van der Waals surface area contributed by atoms with Crippen molar-refractivity contribution in [2.75, 3.05) is 6.26 Å². The summed E-state index contributed by atoms with van der Waals surface area (Å²) in [5.41, 5.74) is 5.29. The Balaban J connectivity index is 4.42. The molecule has 3 nitrogen and oxygen atoms in total. The number of nitrogens with two attached hydrogens (primary N) is 1. The second kappa shape index (κ2) is 3.04. The molecule has 0 rings (SSSR count). The van der Waals surface area contributed by atoms with Gasteiger partial charge in [0, 0.05) is 6.26 Å². The van der Waals surface area contributed by atoms with Gasteiger partial charge in [0.05, 0.1) is 11.3 Å². The maximum atomic E-state index is 10.8. The third-order valence-electron chi connectivity index (χ3n) is 1.37. The van der Waals surface area contributed by atoms with Gasteiger partial charge in [0.2, 0.25) is 0 Å². The van der Waals surface area contributed by atoms with Gasteiger partial charge in [-0.15, -0.1) is 6.42 Å². The van der Waals surface area contributed by atoms with Gasteiger partial charge >= 0.3 is 0 Å². The van der Waals surface area contributed by atoms with Crippen molar-refractivity contribution in [1.29, 1.82) is 0 Å². The molecule has 10 heavy (non-hydrogen) atoms. The number of rotatable bonds is 2. The van der Waals surface area contributed by atoms with E-state index >= 15 is 0 Å². The molecule has 0 heterocycles. The summed E-state index contributed by atoms with van der Waals surface area (Å²) in [5.74, 6) is 2.17. The van der Waals surface area contributed by atoms with Crippen LogP contribution in [0.3, 0.4) is 0 Å². The maximum absolute atomic E-state index is 10.8. The molecule has 0 radical (unpaired) electrons. The fourth-order valence-electron chi connectivity index (χ4n) is 0.402. The molecule has 0 amide bonds. The third kappa shape index (κ3) is 2.38. The molecular weight excluding hydrogens is 150 g/mol. The first kappa shape index (κ1) is 9.47. The van der Waals surface area contributed by atoms with Crippen molar-refractivity contribution in [2.24, 2.45) is 5.73 Å². The van der Waals surface area contributed by atoms with Crippen molar-refractivity contribution in [3.63, 3.8) is 0 Å². The molecule has 0 aromatic heterocycles. The summed E-state index contributed by atoms with van der Waals surface area (Å²) in [4.78, 5) is 0. The lowest BCUT2D eigenvalue weighted by Gasteiger charge is -2.11. The summed E-state index contributed by atoms with van der Waals surface area (Å²) in [6, 6.07) is -0.699. The highest BCUT2D eigenvalue weighted by Gasteiger charge is 2.20. The van der Waals surface area contributed by atoms with Crippen molar-refractivity contribution in [2.45, 2.75) is 18.2 Å². The van der Waals surface area contributed by atoms with E-state index in [0.29, 0.717) is 0 Å². The lowest BCUT2D eigenvalue weighted by Crippen LogP contribution is -2.36. The Morgan fingerprint density at radius 1 is 1.60 bits per heavy atom. The molecule has 4 heteroatoms. The second-order valence-electron chi connectivity index (χ2n) is 2.23. The van der Waals surface area contributed by atoms with E-state index in [4.69, 9.17) is 12.2 Å². The maximum Gasteiger partial charge on any atom is 0.152 e. The van der Waals surface area contributed by atoms with Crippen LogP contribution in [0.2, 0.25) is 0 Å². The highest BCUT2D eigenvalue weighted by molar-refractivity contribution is 7.91. The normalized spacial score (nSPS) is 17.4. The summed E-state index contributed by atoms with van der Waals surface area (Å²) < 4.78 is 21.5. The molecule has 0 spiro atoms. The summed E-state index contributed by atoms with van der Waals surface area (Å²) in [6.07, 6.45) is 6.05. The number of terminal acetylenes is 1. The topological polar surface area (TPSA) is 60.2 Å². The zero-order chi connectivity index (χ0) is 8.36. The van der Waals surface area contributed by atoms with Gasteiger partial charge in [-0.25, -0.2) is 8.42 Å². The second-order valence-corrected chi connectivity index (χ2v) is 4.63. The van der Waals surface area contributed by atoms with E-state index in [0.717, 1.165) is 6.26 Å². The highest BCUT2D eigenvalue weighted by atomic mass is 32.2. The molecule has 0 aliphatic rings. The molecule has 2 N–H and O–H groups in total. The molecule has 0 aromatic carbocycles. The zero-order valence-corrected chi connectivity index (χ0v) is 6.85. The van der Waals surface area contributed by atoms with Crippen LogP contribution in [0.5, 0.6) is 0 Å². The number of sulfone groups is 1. The van der Waals surface area contributed by atoms with Gasteiger partial charge in [-0.3, -0.25) is 0 Å². The predicted molar refractivity (Wildman–Crippen MR) is 41.1 cm³/mol. The zero-order valence-electron chi connectivity index (χ0n) is 6.03. The molecule has 0 fully saturated rings. The van der Waals surface area contributed by atoms with Crippen LogP contribution in [-0.4, -0.2) is 26.0 Å². The van der Waals surface area contributed by atoms with Crippen molar-refractivity contribution in [3.05, 3.63) is 0 Å². The Bertz CT molecular complexity index is 237. The smallest absolute Gasteiger partial charge is 0.152 e. The van der Waals surface area contributed by atoms with Crippen molar-refractivity contribution in [3.8, 4) is 12.3 Å². The first-order valence-electron chi connectivity index (χ1n) is 2.80. The van der Waals surface area contributed by atoms with E-state index in [9.17, 15) is 8.42 Å². The van der Waals surface area contributed by atoms with E-state index in [1.165, 1.54) is 6.92 Å². The first-order chi connectivity index (χ1) is 4.39. The number of hydrogen-bond acceptors (Lipinski definition) is 3. The Morgan fingerprint density at radius 2 is 2.00 bits per heavy atom. The van der Waals surface area contributed by atoms with E-state index in [1.54, 1.807) is 0 Å². The summed E-state index contributed by atoms with van der Waals surface area (Å²) in [6.45, 7) is 1.50. The lowest BCUT2D eigenvalue weighted by atomic mass is 10.2. The number of hydrogen-bond donors (Lipinski definition) is 1. The highest BCUT2D eigenvalue weighted by Crippen LogP contribution is 2.00. The van der Waals surface area contributed by atoms with Crippen LogP contribution < -0.4 is 5.73 Å². The van der Waals surface area contributed by atoms with Crippen LogP contribution in [0.25, 0.3) is 0 Å². The van der Waals surface area contributed by atoms with Crippen LogP contribution in [0.4, 0.5) is 0 Å². The van der Waals surface area contributed by atoms with Crippen molar-refractivity contribution < 1.29 is 8.42 Å². The van der Waals surface area contributed by atoms with Gasteiger partial charge in [0.15, 0.2) is 9.84 Å². The third-order valence-corrected chi connectivity index (χ3v) is 3.02. The molecule has 0 aliphatic carbocycles. The molecule has 0 bridgehead atoms. The molecule has 2 atom stereocenters. The first-order valence-corrected chi connectivity index (χ1v) is 4.75. The van der Waals surface area contributed by atoms with Gasteiger partial charge in [-0.1, -0.05) is 5.92 Å². The van der Waals surface area contributed by atoms with Crippen molar-refractivity contribution in [1.82, 2.24) is 0 Å². The van der Waals surface area contributed by atoms with Crippen molar-refractivity contribution >= 4 is 9.84 Å². The van der Waals surface area contributed by atoms with Crippen LogP contribution in [0.1, 0.15) is 6.92 Å². The molecule has 58 valence electrons. The molecule has 0 aromatic rings. The Kier molecular flexibility index (Phi) is 2.88. The molecule has 0 saturated carbocycles. The Hall–Kier alpha value is -0.530. The summed E-state index contributed by atoms with van der Waals surface area (Å²) in [7, 11) is -3.08. The summed E-state index contributed by atoms with van der Waals surface area (Å²) in [5, 5.41) is -0.655. The van der Waals surface area contributed by atoms with Crippen LogP contribution in [0, 0.1) is 12.3 Å². The average molecular weight is 161 g/mol. The largest absolute Gasteiger partial charge is 0.317 e. The minimum Gasteiger partial charge on any atom is -0.317 e. The van der Waals surface area contributed by atoms with Gasteiger partial charge < -0.3 is 5.73 Å². The molecule has 0 aliphatic heterocycles. The monoisotopic (exact) mass is 161 g/mol. The van der Waals surface area contributed by atoms with E-state index < -0.39 is 21.1 Å². The standard InChI is InChI=1S/C6H11NO2S/c1-4-6(7)5(2)10(3,8)9/h1,5-6H,7H2,2-3H3. The van der Waals surface area contributed by atoms with Crippen LogP contribution in [-0.2, 0) is 9.84 Å². The minimum atomic E-state index is -3.08. The van der Waals surface area contributed by atoms with Gasteiger partial charge in [-0.2, -0.15) is 0 Å². The molecule has 2 unspecified atom stereocenters. The Morgan fingerprint density at radius 3 is 2.10 bits per heavy atom. The van der Waals surface area contributed by atoms with E-state index in [2.05, 4.69) is 5.92 Å². The van der Waals surface area contributed by atoms with E-state index in [-0.39, 0.29) is 0 Å². The molecule has 0 saturated heterocycles. The minimum absolute atomic E-state index is 0.655. The fourth-order valence-corrected chi connectivity index (χ4v) is 1.01. The lowest BCUT2D eigenvalue weighted by molar-refractivity contribution is 0.583. The van der Waals surface area contributed by atoms with Gasteiger partial charge in [0.1, 0.15) is 0 Å². The predicted octanol–water partition coefficient (Wildman–Crippen LogP) is -0.620. The average Bonchev–Trinajstić information content (AvgIpc) is 1.83. The summed E-state index contributed by atoms with van der Waals surface area (Å²) >= 11 is 0. The fraction of sp³-hybridized carbons (Fsp3) is 0.667. The van der Waals surface area contributed by atoms with Crippen LogP contribution in [0.15, 0.2) is 0 Å². The van der Waals surface area contributed by atoms with Gasteiger partial charge in [0.25, 0.3) is 0 Å². The molecular formula is C6H11NO2S. The van der Waals surface area contributed by atoms with Crippen LogP contribution >= 0.6 is 0 Å².